The number of ether oxygens (including phenoxy) is 1. The monoisotopic (exact) mass is 255 g/mol. The van der Waals surface area contributed by atoms with E-state index in [-0.39, 0.29) is 11.8 Å². The average molecular weight is 255 g/mol. The molecule has 0 radical (unpaired) electrons. The van der Waals surface area contributed by atoms with Gasteiger partial charge in [0.25, 0.3) is 0 Å². The first-order valence-electron chi connectivity index (χ1n) is 6.03. The second-order valence-electron chi connectivity index (χ2n) is 4.52. The third-order valence-electron chi connectivity index (χ3n) is 3.09. The highest BCUT2D eigenvalue weighted by molar-refractivity contribution is 5.90. The minimum absolute atomic E-state index is 0.0563. The van der Waals surface area contributed by atoms with Gasteiger partial charge in [-0.2, -0.15) is 0 Å². The van der Waals surface area contributed by atoms with Gasteiger partial charge in [-0.3, -0.25) is 0 Å². The van der Waals surface area contributed by atoms with Gasteiger partial charge in [-0.25, -0.2) is 13.6 Å². The number of nitrogen functional groups attached to an aromatic ring is 1. The molecular formula is C13H15F2NO2. The molecule has 1 aliphatic rings. The lowest BCUT2D eigenvalue weighted by Crippen LogP contribution is -2.22. The Morgan fingerprint density at radius 1 is 1.17 bits per heavy atom. The molecule has 0 aliphatic heterocycles. The summed E-state index contributed by atoms with van der Waals surface area (Å²) in [5.74, 6) is -2.90. The molecule has 1 aromatic carbocycles. The highest BCUT2D eigenvalue weighted by Crippen LogP contribution is 2.23. The lowest BCUT2D eigenvalue weighted by atomic mass is 9.98. The normalized spacial score (nSPS) is 16.6. The van der Waals surface area contributed by atoms with E-state index in [1.807, 2.05) is 0 Å². The van der Waals surface area contributed by atoms with Crippen molar-refractivity contribution < 1.29 is 18.3 Å². The fraction of sp³-hybridized carbons (Fsp3) is 0.462. The van der Waals surface area contributed by atoms with Gasteiger partial charge in [0.15, 0.2) is 0 Å². The Balaban J connectivity index is 2.13. The van der Waals surface area contributed by atoms with Crippen LogP contribution in [0.4, 0.5) is 14.5 Å². The molecule has 5 heteroatoms. The summed E-state index contributed by atoms with van der Waals surface area (Å²) in [5.41, 5.74) is 4.57. The summed E-state index contributed by atoms with van der Waals surface area (Å²) in [7, 11) is 0. The number of esters is 1. The van der Waals surface area contributed by atoms with Gasteiger partial charge in [-0.05, 0) is 37.8 Å². The topological polar surface area (TPSA) is 52.3 Å². The predicted molar refractivity (Wildman–Crippen MR) is 63.1 cm³/mol. The van der Waals surface area contributed by atoms with Crippen molar-refractivity contribution in [2.24, 2.45) is 0 Å². The maximum atomic E-state index is 13.5. The number of rotatable bonds is 2. The highest BCUT2D eigenvalue weighted by atomic mass is 19.1. The molecule has 1 aromatic rings. The smallest absolute Gasteiger partial charge is 0.344 e. The van der Waals surface area contributed by atoms with Crippen LogP contribution >= 0.6 is 0 Å². The van der Waals surface area contributed by atoms with Gasteiger partial charge in [-0.15, -0.1) is 0 Å². The van der Waals surface area contributed by atoms with Gasteiger partial charge in [-0.1, -0.05) is 6.42 Å². The summed E-state index contributed by atoms with van der Waals surface area (Å²) in [6.07, 6.45) is 4.34. The predicted octanol–water partition coefficient (Wildman–Crippen LogP) is 3.04. The van der Waals surface area contributed by atoms with E-state index in [1.165, 1.54) is 0 Å². The summed E-state index contributed by atoms with van der Waals surface area (Å²) in [6.45, 7) is 0. The van der Waals surface area contributed by atoms with E-state index >= 15 is 0 Å². The van der Waals surface area contributed by atoms with Gasteiger partial charge >= 0.3 is 5.97 Å². The van der Waals surface area contributed by atoms with Crippen LogP contribution in [0.2, 0.25) is 0 Å². The standard InChI is InChI=1S/C13H15F2NO2/c14-10-6-8(16)7-11(15)12(10)13(17)18-9-4-2-1-3-5-9/h6-7,9H,1-5,16H2. The molecule has 0 saturated heterocycles. The van der Waals surface area contributed by atoms with Crippen LogP contribution in [-0.2, 0) is 4.74 Å². The van der Waals surface area contributed by atoms with Crippen LogP contribution in [0.3, 0.4) is 0 Å². The molecule has 0 spiro atoms. The Bertz CT molecular complexity index is 433. The zero-order valence-electron chi connectivity index (χ0n) is 9.92. The second kappa shape index (κ2) is 5.33. The zero-order chi connectivity index (χ0) is 13.1. The maximum absolute atomic E-state index is 13.5. The van der Waals surface area contributed by atoms with E-state index in [1.54, 1.807) is 0 Å². The summed E-state index contributed by atoms with van der Waals surface area (Å²) < 4.78 is 32.1. The molecule has 3 nitrogen and oxygen atoms in total. The molecule has 0 amide bonds. The number of hydrogen-bond acceptors (Lipinski definition) is 3. The number of carbonyl (C=O) groups is 1. The first-order chi connectivity index (χ1) is 8.58. The third kappa shape index (κ3) is 2.78. The van der Waals surface area contributed by atoms with Crippen molar-refractivity contribution in [2.75, 3.05) is 5.73 Å². The van der Waals surface area contributed by atoms with Crippen molar-refractivity contribution >= 4 is 11.7 Å². The van der Waals surface area contributed by atoms with Crippen LogP contribution in [0.1, 0.15) is 42.5 Å². The van der Waals surface area contributed by atoms with Gasteiger partial charge < -0.3 is 10.5 Å². The maximum Gasteiger partial charge on any atom is 0.344 e. The second-order valence-corrected chi connectivity index (χ2v) is 4.52. The Kier molecular flexibility index (Phi) is 3.79. The number of hydrogen-bond donors (Lipinski definition) is 1. The number of nitrogens with two attached hydrogens (primary N) is 1. The molecule has 98 valence electrons. The lowest BCUT2D eigenvalue weighted by molar-refractivity contribution is 0.0201. The van der Waals surface area contributed by atoms with E-state index in [0.717, 1.165) is 44.2 Å². The molecular weight excluding hydrogens is 240 g/mol. The molecule has 0 aromatic heterocycles. The van der Waals surface area contributed by atoms with Gasteiger partial charge in [0.1, 0.15) is 23.3 Å². The fourth-order valence-electron chi connectivity index (χ4n) is 2.18. The summed E-state index contributed by atoms with van der Waals surface area (Å²) in [6, 6.07) is 1.83. The van der Waals surface area contributed by atoms with Crippen molar-refractivity contribution in [1.82, 2.24) is 0 Å². The molecule has 0 heterocycles. The Labute approximate surface area is 104 Å². The SMILES string of the molecule is Nc1cc(F)c(C(=O)OC2CCCCC2)c(F)c1. The Morgan fingerprint density at radius 2 is 1.72 bits per heavy atom. The van der Waals surface area contributed by atoms with Gasteiger partial charge in [0, 0.05) is 5.69 Å². The summed E-state index contributed by atoms with van der Waals surface area (Å²) in [4.78, 5) is 11.7. The van der Waals surface area contributed by atoms with Crippen LogP contribution in [0.5, 0.6) is 0 Å². The van der Waals surface area contributed by atoms with E-state index in [9.17, 15) is 13.6 Å². The highest BCUT2D eigenvalue weighted by Gasteiger charge is 2.24. The fourth-order valence-corrected chi connectivity index (χ4v) is 2.18. The molecule has 18 heavy (non-hydrogen) atoms. The number of carbonyl (C=O) groups excluding carboxylic acids is 1. The lowest BCUT2D eigenvalue weighted by Gasteiger charge is -2.22. The number of anilines is 1. The van der Waals surface area contributed by atoms with Gasteiger partial charge in [0.05, 0.1) is 0 Å². The summed E-state index contributed by atoms with van der Waals surface area (Å²) >= 11 is 0. The van der Waals surface area contributed by atoms with Crippen LogP contribution < -0.4 is 5.73 Å². The van der Waals surface area contributed by atoms with Crippen molar-refractivity contribution in [3.63, 3.8) is 0 Å². The molecule has 1 saturated carbocycles. The number of benzene rings is 1. The van der Waals surface area contributed by atoms with Crippen LogP contribution in [-0.4, -0.2) is 12.1 Å². The molecule has 1 fully saturated rings. The molecule has 0 unspecified atom stereocenters. The zero-order valence-corrected chi connectivity index (χ0v) is 9.92. The van der Waals surface area contributed by atoms with Gasteiger partial charge in [0.2, 0.25) is 0 Å². The molecule has 0 bridgehead atoms. The van der Waals surface area contributed by atoms with Crippen molar-refractivity contribution in [1.29, 1.82) is 0 Å². The van der Waals surface area contributed by atoms with Crippen molar-refractivity contribution in [3.8, 4) is 0 Å². The van der Waals surface area contributed by atoms with Crippen LogP contribution in [0, 0.1) is 11.6 Å². The minimum atomic E-state index is -0.978. The Morgan fingerprint density at radius 3 is 2.28 bits per heavy atom. The number of halogens is 2. The largest absolute Gasteiger partial charge is 0.459 e. The molecule has 0 atom stereocenters. The van der Waals surface area contributed by atoms with E-state index in [0.29, 0.717) is 0 Å². The van der Waals surface area contributed by atoms with Crippen LogP contribution in [0.25, 0.3) is 0 Å². The minimum Gasteiger partial charge on any atom is -0.459 e. The third-order valence-corrected chi connectivity index (χ3v) is 3.09. The summed E-state index contributed by atoms with van der Waals surface area (Å²) in [5, 5.41) is 0. The average Bonchev–Trinajstić information content (AvgIpc) is 2.28. The quantitative estimate of drug-likeness (QED) is 0.652. The first-order valence-corrected chi connectivity index (χ1v) is 6.03. The van der Waals surface area contributed by atoms with Crippen LogP contribution in [0.15, 0.2) is 12.1 Å². The van der Waals surface area contributed by atoms with E-state index in [2.05, 4.69) is 0 Å². The molecule has 2 N–H and O–H groups in total. The van der Waals surface area contributed by atoms with Crippen molar-refractivity contribution in [2.45, 2.75) is 38.2 Å². The molecule has 2 rings (SSSR count). The first kappa shape index (κ1) is 12.8. The molecule has 1 aliphatic carbocycles. The van der Waals surface area contributed by atoms with E-state index < -0.39 is 23.2 Å². The van der Waals surface area contributed by atoms with Crippen molar-refractivity contribution in [3.05, 3.63) is 29.3 Å². The Hall–Kier alpha value is -1.65. The van der Waals surface area contributed by atoms with E-state index in [4.69, 9.17) is 10.5 Å².